The molecule has 0 saturated heterocycles. The first-order chi connectivity index (χ1) is 15.7. The highest BCUT2D eigenvalue weighted by atomic mass is 16.5. The summed E-state index contributed by atoms with van der Waals surface area (Å²) in [5.41, 5.74) is 1.20. The van der Waals surface area contributed by atoms with Crippen LogP contribution in [0.3, 0.4) is 0 Å². The summed E-state index contributed by atoms with van der Waals surface area (Å²) < 4.78 is 6.12. The van der Waals surface area contributed by atoms with Gasteiger partial charge in [-0.2, -0.15) is 0 Å². The second kappa shape index (κ2) is 13.3. The fraction of sp³-hybridized carbons (Fsp3) is 0.741. The third-order valence-electron chi connectivity index (χ3n) is 6.98. The summed E-state index contributed by atoms with van der Waals surface area (Å²) in [4.78, 5) is 15.0. The van der Waals surface area contributed by atoms with Crippen LogP contribution in [0.15, 0.2) is 18.2 Å². The zero-order valence-corrected chi connectivity index (χ0v) is 21.7. The van der Waals surface area contributed by atoms with Gasteiger partial charge in [-0.1, -0.05) is 53.0 Å². The van der Waals surface area contributed by atoms with E-state index in [0.29, 0.717) is 18.9 Å². The van der Waals surface area contributed by atoms with E-state index in [4.69, 9.17) is 4.74 Å². The lowest BCUT2D eigenvalue weighted by Gasteiger charge is -2.43. The van der Waals surface area contributed by atoms with Crippen molar-refractivity contribution in [3.05, 3.63) is 29.3 Å². The Morgan fingerprint density at radius 2 is 1.91 bits per heavy atom. The first kappa shape index (κ1) is 27.6. The first-order valence-electron chi connectivity index (χ1n) is 13.0. The van der Waals surface area contributed by atoms with E-state index in [9.17, 15) is 9.90 Å². The van der Waals surface area contributed by atoms with Crippen LogP contribution >= 0.6 is 0 Å². The summed E-state index contributed by atoms with van der Waals surface area (Å²) in [6, 6.07) is 5.71. The van der Waals surface area contributed by atoms with Crippen molar-refractivity contribution in [1.82, 2.24) is 15.5 Å². The third kappa shape index (κ3) is 7.97. The number of fused-ring (bicyclic) bond motifs is 1. The fourth-order valence-electron chi connectivity index (χ4n) is 4.46. The van der Waals surface area contributed by atoms with Crippen LogP contribution in [0.4, 0.5) is 0 Å². The maximum absolute atomic E-state index is 12.6. The van der Waals surface area contributed by atoms with Crippen molar-refractivity contribution in [2.75, 3.05) is 32.7 Å². The molecule has 188 valence electrons. The highest BCUT2D eigenvalue weighted by Gasteiger charge is 2.42. The first-order valence-corrected chi connectivity index (χ1v) is 13.0. The molecule has 2 unspecified atom stereocenters. The molecule has 6 nitrogen and oxygen atoms in total. The summed E-state index contributed by atoms with van der Waals surface area (Å²) in [7, 11) is 0. The van der Waals surface area contributed by atoms with E-state index < -0.39 is 11.7 Å². The van der Waals surface area contributed by atoms with E-state index in [-0.39, 0.29) is 11.9 Å². The van der Waals surface area contributed by atoms with E-state index in [1.54, 1.807) is 0 Å². The van der Waals surface area contributed by atoms with Gasteiger partial charge in [0.1, 0.15) is 17.5 Å². The van der Waals surface area contributed by atoms with Crippen LogP contribution in [0, 0.1) is 5.92 Å². The van der Waals surface area contributed by atoms with Crippen LogP contribution in [0.2, 0.25) is 0 Å². The Hall–Kier alpha value is -1.63. The van der Waals surface area contributed by atoms with Crippen molar-refractivity contribution in [3.8, 4) is 5.75 Å². The number of nitrogens with one attached hydrogen (secondary N) is 2. The van der Waals surface area contributed by atoms with Crippen molar-refractivity contribution >= 4 is 5.91 Å². The van der Waals surface area contributed by atoms with Gasteiger partial charge in [0.25, 0.3) is 0 Å². The number of likely N-dealkylation sites (N-methyl/N-ethyl adjacent to an activating group) is 1. The number of carbonyl (C=O) groups excluding carboxylic acids is 1. The molecule has 0 saturated carbocycles. The maximum atomic E-state index is 12.6. The molecule has 0 aliphatic carbocycles. The standard InChI is InChI=1S/C27H47N3O3/c1-7-11-15-30(10-4)16-14-28-24(31)18-21-12-13-23-22(17-21)25(26(32)27(5,6)33-23)29-19-20(8-2)9-3/h12-13,17,20,25-26,29,32H,7-11,14-16,18-19H2,1-6H3,(H,28,31). The number of unbranched alkanes of at least 4 members (excludes halogenated alkanes) is 1. The number of aliphatic hydroxyl groups excluding tert-OH is 1. The molecule has 33 heavy (non-hydrogen) atoms. The zero-order valence-electron chi connectivity index (χ0n) is 21.7. The van der Waals surface area contributed by atoms with Crippen LogP contribution in [-0.2, 0) is 11.2 Å². The monoisotopic (exact) mass is 461 g/mol. The molecule has 1 amide bonds. The SMILES string of the molecule is CCCCN(CC)CCNC(=O)Cc1ccc2c(c1)C(NCC(CC)CC)C(O)C(C)(C)O2. The molecule has 1 aliphatic rings. The molecule has 2 atom stereocenters. The predicted octanol–water partition coefficient (Wildman–Crippen LogP) is 4.07. The molecule has 3 N–H and O–H groups in total. The van der Waals surface area contributed by atoms with Crippen LogP contribution in [0.25, 0.3) is 0 Å². The Balaban J connectivity index is 2.04. The van der Waals surface area contributed by atoms with Gasteiger partial charge in [0, 0.05) is 18.7 Å². The Morgan fingerprint density at radius 1 is 1.18 bits per heavy atom. The van der Waals surface area contributed by atoms with Crippen molar-refractivity contribution < 1.29 is 14.6 Å². The normalized spacial score (nSPS) is 19.4. The molecule has 0 spiro atoms. The van der Waals surface area contributed by atoms with Gasteiger partial charge < -0.3 is 25.4 Å². The number of benzene rings is 1. The number of carbonyl (C=O) groups is 1. The smallest absolute Gasteiger partial charge is 0.224 e. The number of ether oxygens (including phenoxy) is 1. The second-order valence-corrected chi connectivity index (χ2v) is 9.91. The van der Waals surface area contributed by atoms with E-state index >= 15 is 0 Å². The van der Waals surface area contributed by atoms with Gasteiger partial charge in [-0.3, -0.25) is 4.79 Å². The number of aliphatic hydroxyl groups is 1. The molecular weight excluding hydrogens is 414 g/mol. The Kier molecular flexibility index (Phi) is 11.1. The second-order valence-electron chi connectivity index (χ2n) is 9.91. The number of nitrogens with zero attached hydrogens (tertiary/aromatic N) is 1. The molecule has 1 aliphatic heterocycles. The van der Waals surface area contributed by atoms with E-state index in [0.717, 1.165) is 55.9 Å². The molecule has 1 aromatic rings. The van der Waals surface area contributed by atoms with Gasteiger partial charge in [0.2, 0.25) is 5.91 Å². The number of rotatable bonds is 14. The summed E-state index contributed by atoms with van der Waals surface area (Å²) in [6.45, 7) is 17.1. The van der Waals surface area contributed by atoms with Crippen LogP contribution < -0.4 is 15.4 Å². The highest BCUT2D eigenvalue weighted by Crippen LogP contribution is 2.40. The number of hydrogen-bond donors (Lipinski definition) is 3. The summed E-state index contributed by atoms with van der Waals surface area (Å²) in [5, 5.41) is 17.7. The molecule has 0 radical (unpaired) electrons. The summed E-state index contributed by atoms with van der Waals surface area (Å²) in [5.74, 6) is 1.38. The largest absolute Gasteiger partial charge is 0.485 e. The molecule has 0 bridgehead atoms. The van der Waals surface area contributed by atoms with Crippen LogP contribution in [-0.4, -0.2) is 60.3 Å². The fourth-order valence-corrected chi connectivity index (χ4v) is 4.46. The minimum Gasteiger partial charge on any atom is -0.485 e. The lowest BCUT2D eigenvalue weighted by atomic mass is 9.85. The average Bonchev–Trinajstić information content (AvgIpc) is 2.79. The van der Waals surface area contributed by atoms with Gasteiger partial charge in [-0.05, 0) is 63.5 Å². The lowest BCUT2D eigenvalue weighted by Crippen LogP contribution is -2.53. The lowest BCUT2D eigenvalue weighted by molar-refractivity contribution is -0.120. The molecule has 1 aromatic carbocycles. The maximum Gasteiger partial charge on any atom is 0.224 e. The van der Waals surface area contributed by atoms with Crippen LogP contribution in [0.5, 0.6) is 5.75 Å². The summed E-state index contributed by atoms with van der Waals surface area (Å²) in [6.07, 6.45) is 4.23. The summed E-state index contributed by atoms with van der Waals surface area (Å²) >= 11 is 0. The van der Waals surface area contributed by atoms with E-state index in [1.807, 2.05) is 32.0 Å². The predicted molar refractivity (Wildman–Crippen MR) is 136 cm³/mol. The van der Waals surface area contributed by atoms with Gasteiger partial charge in [-0.15, -0.1) is 0 Å². The molecule has 0 fully saturated rings. The van der Waals surface area contributed by atoms with Crippen molar-refractivity contribution in [3.63, 3.8) is 0 Å². The van der Waals surface area contributed by atoms with Crippen molar-refractivity contribution in [1.29, 1.82) is 0 Å². The number of amides is 1. The van der Waals surface area contributed by atoms with Gasteiger partial charge >= 0.3 is 0 Å². The molecule has 6 heteroatoms. The minimum absolute atomic E-state index is 0.0284. The van der Waals surface area contributed by atoms with Gasteiger partial charge in [0.15, 0.2) is 0 Å². The zero-order chi connectivity index (χ0) is 24.4. The Bertz CT molecular complexity index is 733. The van der Waals surface area contributed by atoms with Gasteiger partial charge in [0.05, 0.1) is 12.5 Å². The Morgan fingerprint density at radius 3 is 2.55 bits per heavy atom. The quantitative estimate of drug-likeness (QED) is 0.390. The van der Waals surface area contributed by atoms with Crippen molar-refractivity contribution in [2.45, 2.75) is 91.4 Å². The van der Waals surface area contributed by atoms with E-state index in [1.165, 1.54) is 12.8 Å². The average molecular weight is 462 g/mol. The Labute approximate surface area is 201 Å². The van der Waals surface area contributed by atoms with Crippen LogP contribution in [0.1, 0.15) is 84.4 Å². The highest BCUT2D eigenvalue weighted by molar-refractivity contribution is 5.78. The third-order valence-corrected chi connectivity index (χ3v) is 6.98. The van der Waals surface area contributed by atoms with Gasteiger partial charge in [-0.25, -0.2) is 0 Å². The molecular formula is C27H47N3O3. The van der Waals surface area contributed by atoms with E-state index in [2.05, 4.69) is 43.2 Å². The molecule has 1 heterocycles. The number of hydrogen-bond acceptors (Lipinski definition) is 5. The molecule has 2 rings (SSSR count). The minimum atomic E-state index is -0.680. The van der Waals surface area contributed by atoms with Crippen molar-refractivity contribution in [2.24, 2.45) is 5.92 Å². The molecule has 0 aromatic heterocycles. The topological polar surface area (TPSA) is 73.8 Å².